The molecule has 0 unspecified atom stereocenters. The van der Waals surface area contributed by atoms with E-state index in [4.69, 9.17) is 27.9 Å². The first kappa shape index (κ1) is 8.54. The lowest BCUT2D eigenvalue weighted by Crippen LogP contribution is -2.53. The van der Waals surface area contributed by atoms with Crippen LogP contribution in [0.5, 0.6) is 0 Å². The monoisotopic (exact) mass is 206 g/mol. The first-order chi connectivity index (χ1) is 5.53. The summed E-state index contributed by atoms with van der Waals surface area (Å²) in [6.07, 6.45) is 3.01. The fraction of sp³-hybridized carbons (Fsp3) is 0.625. The zero-order chi connectivity index (χ0) is 8.93. The number of hydrogen-bond acceptors (Lipinski definition) is 2. The van der Waals surface area contributed by atoms with E-state index in [1.54, 1.807) is 19.1 Å². The Hall–Kier alpha value is -0.0500. The topological polar surface area (TPSA) is 26.3 Å². The second-order valence-corrected chi connectivity index (χ2v) is 4.50. The van der Waals surface area contributed by atoms with Gasteiger partial charge in [-0.3, -0.25) is 4.79 Å². The van der Waals surface area contributed by atoms with Crippen molar-refractivity contribution in [3.63, 3.8) is 0 Å². The van der Waals surface area contributed by atoms with Crippen LogP contribution in [0.25, 0.3) is 0 Å². The van der Waals surface area contributed by atoms with E-state index in [1.807, 2.05) is 0 Å². The number of ketones is 1. The number of alkyl halides is 2. The number of fused-ring (bicyclic) bond motifs is 2. The summed E-state index contributed by atoms with van der Waals surface area (Å²) >= 11 is 11.8. The summed E-state index contributed by atoms with van der Waals surface area (Å²) in [5.41, 5.74) is 0. The van der Waals surface area contributed by atoms with Crippen LogP contribution in [0.3, 0.4) is 0 Å². The van der Waals surface area contributed by atoms with Crippen molar-refractivity contribution in [3.05, 3.63) is 12.2 Å². The van der Waals surface area contributed by atoms with Crippen LogP contribution in [0.2, 0.25) is 0 Å². The van der Waals surface area contributed by atoms with E-state index in [0.29, 0.717) is 0 Å². The predicted molar refractivity (Wildman–Crippen MR) is 46.7 cm³/mol. The van der Waals surface area contributed by atoms with E-state index >= 15 is 0 Å². The third-order valence-electron chi connectivity index (χ3n) is 2.33. The van der Waals surface area contributed by atoms with Gasteiger partial charge in [-0.15, -0.1) is 23.2 Å². The molecule has 1 fully saturated rings. The molecule has 2 aliphatic heterocycles. The Bertz CT molecular complexity index is 260. The second kappa shape index (κ2) is 2.47. The lowest BCUT2D eigenvalue weighted by atomic mass is 9.94. The predicted octanol–water partition coefficient (Wildman–Crippen LogP) is 1.50. The summed E-state index contributed by atoms with van der Waals surface area (Å²) in [6, 6.07) is 0. The molecule has 0 spiro atoms. The first-order valence-corrected chi connectivity index (χ1v) is 4.56. The first-order valence-electron chi connectivity index (χ1n) is 3.74. The minimum Gasteiger partial charge on any atom is -0.363 e. The van der Waals surface area contributed by atoms with Gasteiger partial charge in [-0.25, -0.2) is 0 Å². The number of carbonyl (C=O) groups excluding carboxylic acids is 1. The lowest BCUT2D eigenvalue weighted by molar-refractivity contribution is -0.132. The molecule has 12 heavy (non-hydrogen) atoms. The Morgan fingerprint density at radius 1 is 1.58 bits per heavy atom. The van der Waals surface area contributed by atoms with Crippen LogP contribution in [0.1, 0.15) is 6.92 Å². The van der Waals surface area contributed by atoms with Crippen molar-refractivity contribution < 1.29 is 9.53 Å². The Balaban J connectivity index is 2.38. The zero-order valence-electron chi connectivity index (χ0n) is 6.46. The van der Waals surface area contributed by atoms with Crippen LogP contribution >= 0.6 is 23.2 Å². The highest BCUT2D eigenvalue weighted by molar-refractivity contribution is 6.44. The summed E-state index contributed by atoms with van der Waals surface area (Å²) in [4.78, 5) is 10.5. The lowest BCUT2D eigenvalue weighted by Gasteiger charge is -2.35. The van der Waals surface area contributed by atoms with E-state index in [0.717, 1.165) is 0 Å². The van der Waals surface area contributed by atoms with E-state index in [-0.39, 0.29) is 18.0 Å². The summed E-state index contributed by atoms with van der Waals surface area (Å²) in [7, 11) is 0. The zero-order valence-corrected chi connectivity index (χ0v) is 7.97. The van der Waals surface area contributed by atoms with Gasteiger partial charge in [-0.05, 0) is 6.92 Å². The molecule has 2 heterocycles. The summed E-state index contributed by atoms with van der Waals surface area (Å²) in [5, 5.41) is -0.637. The maximum Gasteiger partial charge on any atom is 0.177 e. The van der Waals surface area contributed by atoms with Crippen LogP contribution < -0.4 is 0 Å². The smallest absolute Gasteiger partial charge is 0.177 e. The average Bonchev–Trinajstić information content (AvgIpc) is 2.46. The van der Waals surface area contributed by atoms with Crippen molar-refractivity contribution >= 4 is 29.0 Å². The number of carbonyl (C=O) groups is 1. The molecule has 2 aliphatic rings. The largest absolute Gasteiger partial charge is 0.363 e. The molecule has 0 N–H and O–H groups in total. The van der Waals surface area contributed by atoms with Gasteiger partial charge in [0, 0.05) is 0 Å². The molecule has 1 saturated heterocycles. The molecule has 2 rings (SSSR count). The normalized spacial score (nSPS) is 51.6. The minimum atomic E-state index is -0.990. The van der Waals surface area contributed by atoms with Gasteiger partial charge in [-0.2, -0.15) is 0 Å². The van der Waals surface area contributed by atoms with Crippen molar-refractivity contribution in [2.75, 3.05) is 0 Å². The number of ether oxygens (including phenoxy) is 1. The summed E-state index contributed by atoms with van der Waals surface area (Å²) in [5.74, 6) is -0.142. The van der Waals surface area contributed by atoms with Crippen LogP contribution in [0.15, 0.2) is 12.2 Å². The van der Waals surface area contributed by atoms with Gasteiger partial charge in [-0.1, -0.05) is 12.2 Å². The van der Waals surface area contributed by atoms with Gasteiger partial charge in [0.05, 0.1) is 0 Å². The summed E-state index contributed by atoms with van der Waals surface area (Å²) in [6.45, 7) is 1.64. The number of rotatable bonds is 0. The molecular formula is C8H8Cl2O2. The van der Waals surface area contributed by atoms with Gasteiger partial charge in [0.1, 0.15) is 22.5 Å². The molecule has 4 atom stereocenters. The quantitative estimate of drug-likeness (QED) is 0.444. The number of Topliss-reactive ketones (excluding diaryl/α,β-unsaturated/α-hetero) is 1. The highest BCUT2D eigenvalue weighted by Gasteiger charge is 2.52. The van der Waals surface area contributed by atoms with E-state index in [1.165, 1.54) is 0 Å². The molecule has 2 nitrogen and oxygen atoms in total. The Labute approximate surface area is 80.5 Å². The van der Waals surface area contributed by atoms with Crippen molar-refractivity contribution in [1.29, 1.82) is 0 Å². The SMILES string of the molecule is C[C@@]1(Cl)C(=O)[C@@H](Cl)[C@@H]2C=C[C@H]1O2. The molecule has 0 radical (unpaired) electrons. The van der Waals surface area contributed by atoms with Crippen LogP contribution in [-0.2, 0) is 9.53 Å². The van der Waals surface area contributed by atoms with Crippen LogP contribution in [0.4, 0.5) is 0 Å². The molecule has 0 aromatic carbocycles. The van der Waals surface area contributed by atoms with Gasteiger partial charge in [0.15, 0.2) is 5.78 Å². The maximum absolute atomic E-state index is 11.5. The third-order valence-corrected chi connectivity index (χ3v) is 3.18. The summed E-state index contributed by atoms with van der Waals surface area (Å²) < 4.78 is 5.40. The van der Waals surface area contributed by atoms with Gasteiger partial charge in [0.25, 0.3) is 0 Å². The number of halogens is 2. The fourth-order valence-corrected chi connectivity index (χ4v) is 2.17. The Morgan fingerprint density at radius 3 is 2.92 bits per heavy atom. The van der Waals surface area contributed by atoms with E-state index in [9.17, 15) is 4.79 Å². The highest BCUT2D eigenvalue weighted by atomic mass is 35.5. The van der Waals surface area contributed by atoms with Crippen LogP contribution in [-0.4, -0.2) is 28.2 Å². The van der Waals surface area contributed by atoms with Crippen LogP contribution in [0, 0.1) is 0 Å². The molecule has 4 heteroatoms. The van der Waals surface area contributed by atoms with E-state index < -0.39 is 10.3 Å². The Kier molecular flexibility index (Phi) is 1.76. The average molecular weight is 207 g/mol. The Morgan fingerprint density at radius 2 is 2.25 bits per heavy atom. The fourth-order valence-electron chi connectivity index (χ4n) is 1.50. The standard InChI is InChI=1S/C8H8Cl2O2/c1-8(10)5-3-2-4(12-5)6(9)7(8)11/h2-6H,1H3/t4-,5+,6-,8-/m0/s1. The number of hydrogen-bond donors (Lipinski definition) is 0. The molecule has 0 aromatic heterocycles. The van der Waals surface area contributed by atoms with Crippen molar-refractivity contribution in [2.24, 2.45) is 0 Å². The maximum atomic E-state index is 11.5. The molecule has 0 amide bonds. The van der Waals surface area contributed by atoms with E-state index in [2.05, 4.69) is 0 Å². The van der Waals surface area contributed by atoms with Crippen molar-refractivity contribution in [2.45, 2.75) is 29.4 Å². The molecular weight excluding hydrogens is 199 g/mol. The molecule has 0 saturated carbocycles. The molecule has 66 valence electrons. The highest BCUT2D eigenvalue weighted by Crippen LogP contribution is 2.38. The van der Waals surface area contributed by atoms with Gasteiger partial charge in [0.2, 0.25) is 0 Å². The van der Waals surface area contributed by atoms with Crippen molar-refractivity contribution in [1.82, 2.24) is 0 Å². The molecule has 0 aliphatic carbocycles. The molecule has 0 aromatic rings. The minimum absolute atomic E-state index is 0.142. The van der Waals surface area contributed by atoms with Crippen molar-refractivity contribution in [3.8, 4) is 0 Å². The van der Waals surface area contributed by atoms with Gasteiger partial charge >= 0.3 is 0 Å². The molecule has 2 bridgehead atoms. The second-order valence-electron chi connectivity index (χ2n) is 3.25. The van der Waals surface area contributed by atoms with Gasteiger partial charge < -0.3 is 4.74 Å². The third kappa shape index (κ3) is 0.951.